The van der Waals surface area contributed by atoms with Crippen molar-refractivity contribution < 1.29 is 61.8 Å². The van der Waals surface area contributed by atoms with Crippen molar-refractivity contribution in [3.05, 3.63) is 23.0 Å². The van der Waals surface area contributed by atoms with E-state index in [1.807, 2.05) is 0 Å². The number of aromatic nitrogens is 8. The molecule has 3 saturated heterocycles. The number of aromatic amines is 1. The minimum Gasteiger partial charge on any atom is -0.492 e. The van der Waals surface area contributed by atoms with E-state index in [9.17, 15) is 39.0 Å². The molecule has 7 rings (SSSR count). The number of aliphatic hydroxyl groups excluding tert-OH is 2. The van der Waals surface area contributed by atoms with E-state index in [4.69, 9.17) is 39.0 Å². The van der Waals surface area contributed by atoms with E-state index in [0.717, 1.165) is 21.8 Å². The van der Waals surface area contributed by atoms with Crippen LogP contribution < -0.4 is 17.0 Å². The molecule has 3 aliphatic heterocycles. The number of ether oxygens (including phenoxy) is 2. The highest BCUT2D eigenvalue weighted by Crippen LogP contribution is 2.53. The molecule has 24 nitrogen and oxygen atoms in total. The molecular weight excluding hydrogens is 666 g/mol. The fourth-order valence-corrected chi connectivity index (χ4v) is 7.29. The van der Waals surface area contributed by atoms with Crippen molar-refractivity contribution >= 4 is 49.9 Å². The van der Waals surface area contributed by atoms with Gasteiger partial charge in [0, 0.05) is 0 Å². The number of nitrogens with one attached hydrogen (secondary N) is 1. The molecule has 0 amide bonds. The highest BCUT2D eigenvalue weighted by Gasteiger charge is 2.54. The predicted molar refractivity (Wildman–Crippen MR) is 145 cm³/mol. The monoisotopic (exact) mass is 690 g/mol. The van der Waals surface area contributed by atoms with E-state index in [0.29, 0.717) is 0 Å². The number of hydrogen-bond donors (Lipinski definition) is 8. The van der Waals surface area contributed by atoms with Crippen LogP contribution in [0, 0.1) is 0 Å². The van der Waals surface area contributed by atoms with Crippen LogP contribution in [0.1, 0.15) is 12.5 Å². The Balaban J connectivity index is 1.17. The van der Waals surface area contributed by atoms with Gasteiger partial charge in [-0.2, -0.15) is 15.0 Å². The molecule has 26 heteroatoms. The molecule has 3 aliphatic rings. The Bertz CT molecular complexity index is 1990. The zero-order chi connectivity index (χ0) is 32.7. The Kier molecular flexibility index (Phi) is 7.39. The summed E-state index contributed by atoms with van der Waals surface area (Å²) in [5.41, 5.74) is 10.1. The SMILES string of the molecule is Nc1nc(O)c2ncn([C@@H]3O[C@@H]4COP(=O)(O)OC5[C@@H](COP(=O)(O)O[C@@H]4C3O)O[C@@H](n3cnc4c(=O)[nH]c(N)nc43)[C@H]5O)c2n1. The summed E-state index contributed by atoms with van der Waals surface area (Å²) in [4.78, 5) is 55.1. The quantitative estimate of drug-likeness (QED) is 0.0996. The molecule has 0 radical (unpaired) electrons. The molecule has 0 saturated carbocycles. The zero-order valence-corrected chi connectivity index (χ0v) is 24.6. The van der Waals surface area contributed by atoms with Crippen LogP contribution in [0.5, 0.6) is 5.88 Å². The maximum atomic E-state index is 13.1. The van der Waals surface area contributed by atoms with Crippen LogP contribution in [0.2, 0.25) is 0 Å². The first-order chi connectivity index (χ1) is 21.7. The minimum absolute atomic E-state index is 0.0893. The van der Waals surface area contributed by atoms with Gasteiger partial charge in [0.05, 0.1) is 25.9 Å². The van der Waals surface area contributed by atoms with Crippen molar-refractivity contribution in [2.75, 3.05) is 24.7 Å². The van der Waals surface area contributed by atoms with Gasteiger partial charge in [-0.1, -0.05) is 0 Å². The third-order valence-electron chi connectivity index (χ3n) is 7.35. The summed E-state index contributed by atoms with van der Waals surface area (Å²) in [7, 11) is -10.2. The van der Waals surface area contributed by atoms with Gasteiger partial charge in [-0.3, -0.25) is 37.0 Å². The van der Waals surface area contributed by atoms with Crippen LogP contribution in [0.25, 0.3) is 22.3 Å². The number of anilines is 2. The van der Waals surface area contributed by atoms with Gasteiger partial charge in [0.2, 0.25) is 17.8 Å². The van der Waals surface area contributed by atoms with E-state index in [-0.39, 0.29) is 34.2 Å². The van der Waals surface area contributed by atoms with E-state index in [1.54, 1.807) is 0 Å². The summed E-state index contributed by atoms with van der Waals surface area (Å²) in [5.74, 6) is -1.19. The molecule has 0 aromatic carbocycles. The Morgan fingerprint density at radius 3 is 1.87 bits per heavy atom. The Hall–Kier alpha value is -3.64. The number of phosphoric acid groups is 2. The molecular formula is C20H24N10O14P2. The van der Waals surface area contributed by atoms with Gasteiger partial charge in [0.1, 0.15) is 36.6 Å². The lowest BCUT2D eigenvalue weighted by Gasteiger charge is -2.27. The number of imidazole rings is 2. The van der Waals surface area contributed by atoms with Crippen LogP contribution >= 0.6 is 15.6 Å². The molecule has 10 N–H and O–H groups in total. The van der Waals surface area contributed by atoms with Crippen LogP contribution in [0.3, 0.4) is 0 Å². The lowest BCUT2D eigenvalue weighted by atomic mass is 10.1. The average Bonchev–Trinajstić information content (AvgIpc) is 3.72. The van der Waals surface area contributed by atoms with Crippen molar-refractivity contribution in [1.82, 2.24) is 39.0 Å². The van der Waals surface area contributed by atoms with Gasteiger partial charge in [-0.25, -0.2) is 19.1 Å². The molecule has 10 atom stereocenters. The number of nitrogens with zero attached hydrogens (tertiary/aromatic N) is 7. The molecule has 3 fully saturated rings. The first kappa shape index (κ1) is 31.0. The summed E-state index contributed by atoms with van der Waals surface area (Å²) < 4.78 is 60.6. The van der Waals surface area contributed by atoms with Gasteiger partial charge in [-0.05, 0) is 0 Å². The second-order valence-corrected chi connectivity index (χ2v) is 13.1. The van der Waals surface area contributed by atoms with Crippen molar-refractivity contribution in [1.29, 1.82) is 0 Å². The molecule has 7 heterocycles. The lowest BCUT2D eigenvalue weighted by Crippen LogP contribution is -2.39. The summed E-state index contributed by atoms with van der Waals surface area (Å²) >= 11 is 0. The molecule has 248 valence electrons. The van der Waals surface area contributed by atoms with Crippen LogP contribution in [-0.2, 0) is 36.7 Å². The predicted octanol–water partition coefficient (Wildman–Crippen LogP) is -2.64. The maximum Gasteiger partial charge on any atom is 0.472 e. The number of hydrogen-bond acceptors (Lipinski definition) is 19. The summed E-state index contributed by atoms with van der Waals surface area (Å²) in [5, 5.41) is 32.3. The number of nitrogens with two attached hydrogens (primary N) is 2. The Labute approximate surface area is 253 Å². The molecule has 0 aliphatic carbocycles. The van der Waals surface area contributed by atoms with Crippen molar-refractivity contribution in [3.63, 3.8) is 0 Å². The van der Waals surface area contributed by atoms with Gasteiger partial charge in [0.25, 0.3) is 5.56 Å². The highest BCUT2D eigenvalue weighted by molar-refractivity contribution is 7.47. The number of nitrogen functional groups attached to an aromatic ring is 2. The summed E-state index contributed by atoms with van der Waals surface area (Å²) in [6, 6.07) is 0. The smallest absolute Gasteiger partial charge is 0.472 e. The lowest BCUT2D eigenvalue weighted by molar-refractivity contribution is -0.0664. The van der Waals surface area contributed by atoms with Gasteiger partial charge in [0.15, 0.2) is 34.8 Å². The largest absolute Gasteiger partial charge is 0.492 e. The normalized spacial score (nSPS) is 37.1. The average molecular weight is 690 g/mol. The number of aromatic hydroxyl groups is 1. The fraction of sp³-hybridized carbons (Fsp3) is 0.500. The number of fused-ring (bicyclic) bond motifs is 4. The number of H-pyrrole nitrogens is 1. The van der Waals surface area contributed by atoms with Crippen LogP contribution in [-0.4, -0.2) is 114 Å². The van der Waals surface area contributed by atoms with Crippen LogP contribution in [0.4, 0.5) is 11.9 Å². The topological polar surface area (TPSA) is 350 Å². The van der Waals surface area contributed by atoms with E-state index < -0.39 is 89.4 Å². The van der Waals surface area contributed by atoms with E-state index in [2.05, 4.69) is 29.9 Å². The van der Waals surface area contributed by atoms with Gasteiger partial charge >= 0.3 is 15.6 Å². The number of phosphoric ester groups is 2. The summed E-state index contributed by atoms with van der Waals surface area (Å²) in [6.07, 6.45) is -10.8. The number of rotatable bonds is 2. The number of aliphatic hydroxyl groups is 2. The molecule has 46 heavy (non-hydrogen) atoms. The van der Waals surface area contributed by atoms with Crippen LogP contribution in [0.15, 0.2) is 17.4 Å². The fourth-order valence-electron chi connectivity index (χ4n) is 5.36. The minimum atomic E-state index is -5.10. The molecule has 4 aromatic rings. The molecule has 0 bridgehead atoms. The first-order valence-electron chi connectivity index (χ1n) is 13.1. The second-order valence-electron chi connectivity index (χ2n) is 10.3. The summed E-state index contributed by atoms with van der Waals surface area (Å²) in [6.45, 7) is -1.73. The maximum absolute atomic E-state index is 13.1. The Morgan fingerprint density at radius 2 is 1.33 bits per heavy atom. The highest BCUT2D eigenvalue weighted by atomic mass is 31.2. The molecule has 4 aromatic heterocycles. The van der Waals surface area contributed by atoms with Crippen molar-refractivity contribution in [2.24, 2.45) is 0 Å². The van der Waals surface area contributed by atoms with E-state index in [1.165, 1.54) is 0 Å². The van der Waals surface area contributed by atoms with Gasteiger partial charge in [-0.15, -0.1) is 0 Å². The first-order valence-corrected chi connectivity index (χ1v) is 16.1. The second kappa shape index (κ2) is 11.0. The Morgan fingerprint density at radius 1 is 0.826 bits per heavy atom. The van der Waals surface area contributed by atoms with Crippen molar-refractivity contribution in [2.45, 2.75) is 49.1 Å². The third-order valence-corrected chi connectivity index (χ3v) is 9.32. The van der Waals surface area contributed by atoms with E-state index >= 15 is 0 Å². The molecule has 4 unspecified atom stereocenters. The van der Waals surface area contributed by atoms with Crippen molar-refractivity contribution in [3.8, 4) is 5.88 Å². The zero-order valence-electron chi connectivity index (χ0n) is 22.8. The standard InChI is InChI=1S/C20H24N10O14P2/c21-19-25-13-7(15(33)27-19)23-3-29(13)17-9(31)11-5(41-17)1-39-45(35,36)44-12-6(2-40-46(37,38)43-11)42-18(10(12)32)30-4-24-8-14(30)26-20(22)28-16(8)34/h3-6,9-12,17-18,31-32H,1-2H2,(H,35,36)(H,37,38)(H3,21,25,27,33)(H3,22,26,28,34)/t5-,6-,9+,10?,11?,12+,17-,18-/m1/s1. The van der Waals surface area contributed by atoms with Gasteiger partial charge < -0.3 is 46.0 Å². The third kappa shape index (κ3) is 5.33. The molecule has 0 spiro atoms.